The lowest BCUT2D eigenvalue weighted by Crippen LogP contribution is -2.62. The minimum Gasteiger partial charge on any atom is -0.391 e. The average Bonchev–Trinajstić information content (AvgIpc) is 2.91. The van der Waals surface area contributed by atoms with Crippen LogP contribution in [-0.2, 0) is 43.5 Å². The van der Waals surface area contributed by atoms with E-state index < -0.39 is 36.8 Å². The van der Waals surface area contributed by atoms with Crippen molar-refractivity contribution in [3.63, 3.8) is 0 Å². The van der Waals surface area contributed by atoms with Crippen molar-refractivity contribution in [2.45, 2.75) is 63.6 Å². The molecule has 0 radical (unpaired) electrons. The van der Waals surface area contributed by atoms with E-state index in [9.17, 15) is 5.11 Å². The zero-order chi connectivity index (χ0) is 24.5. The van der Waals surface area contributed by atoms with Crippen LogP contribution in [0.4, 0.5) is 0 Å². The van der Waals surface area contributed by atoms with E-state index in [-0.39, 0.29) is 0 Å². The maximum Gasteiger partial charge on any atom is 0.186 e. The SMILES string of the molecule is COC1OC(C(C)O)C(OCc2ccccc2)C(OCc2ccccc2)C1OCc1ccccc1. The van der Waals surface area contributed by atoms with Crippen LogP contribution < -0.4 is 0 Å². The lowest BCUT2D eigenvalue weighted by Gasteiger charge is -2.46. The van der Waals surface area contributed by atoms with Gasteiger partial charge in [-0.05, 0) is 23.6 Å². The van der Waals surface area contributed by atoms with Gasteiger partial charge in [0.15, 0.2) is 6.29 Å². The van der Waals surface area contributed by atoms with Gasteiger partial charge in [-0.2, -0.15) is 0 Å². The van der Waals surface area contributed by atoms with Gasteiger partial charge in [-0.15, -0.1) is 0 Å². The first-order valence-corrected chi connectivity index (χ1v) is 12.0. The molecule has 1 fully saturated rings. The van der Waals surface area contributed by atoms with Crippen molar-refractivity contribution >= 4 is 0 Å². The molecule has 35 heavy (non-hydrogen) atoms. The second-order valence-corrected chi connectivity index (χ2v) is 8.73. The monoisotopic (exact) mass is 478 g/mol. The summed E-state index contributed by atoms with van der Waals surface area (Å²) >= 11 is 0. The van der Waals surface area contributed by atoms with Crippen molar-refractivity contribution in [2.75, 3.05) is 7.11 Å². The second-order valence-electron chi connectivity index (χ2n) is 8.73. The Morgan fingerprint density at radius 1 is 0.657 bits per heavy atom. The highest BCUT2D eigenvalue weighted by Crippen LogP contribution is 2.32. The number of hydrogen-bond acceptors (Lipinski definition) is 6. The molecule has 3 aromatic carbocycles. The van der Waals surface area contributed by atoms with Crippen LogP contribution in [0.3, 0.4) is 0 Å². The quantitative estimate of drug-likeness (QED) is 0.438. The molecule has 4 rings (SSSR count). The third-order valence-electron chi connectivity index (χ3n) is 6.09. The summed E-state index contributed by atoms with van der Waals surface area (Å²) in [5.74, 6) is 0. The summed E-state index contributed by atoms with van der Waals surface area (Å²) in [7, 11) is 1.57. The Hall–Kier alpha value is -2.58. The molecule has 1 aliphatic heterocycles. The van der Waals surface area contributed by atoms with Gasteiger partial charge in [0.05, 0.1) is 25.9 Å². The van der Waals surface area contributed by atoms with Gasteiger partial charge in [-0.25, -0.2) is 0 Å². The number of methoxy groups -OCH3 is 1. The molecule has 6 nitrogen and oxygen atoms in total. The largest absolute Gasteiger partial charge is 0.391 e. The molecule has 0 spiro atoms. The van der Waals surface area contributed by atoms with Crippen molar-refractivity contribution in [1.82, 2.24) is 0 Å². The van der Waals surface area contributed by atoms with Gasteiger partial charge in [0.2, 0.25) is 0 Å². The Kier molecular flexibility index (Phi) is 9.42. The van der Waals surface area contributed by atoms with E-state index in [1.54, 1.807) is 14.0 Å². The van der Waals surface area contributed by atoms with Crippen molar-refractivity contribution in [1.29, 1.82) is 0 Å². The number of ether oxygens (including phenoxy) is 5. The van der Waals surface area contributed by atoms with E-state index in [1.807, 2.05) is 91.0 Å². The lowest BCUT2D eigenvalue weighted by molar-refractivity contribution is -0.328. The Morgan fingerprint density at radius 2 is 1.06 bits per heavy atom. The molecular weight excluding hydrogens is 444 g/mol. The molecule has 0 amide bonds. The van der Waals surface area contributed by atoms with Crippen LogP contribution in [0, 0.1) is 0 Å². The number of benzene rings is 3. The molecule has 6 heteroatoms. The van der Waals surface area contributed by atoms with Crippen molar-refractivity contribution < 1.29 is 28.8 Å². The Bertz CT molecular complexity index is 982. The van der Waals surface area contributed by atoms with Crippen LogP contribution in [0.5, 0.6) is 0 Å². The summed E-state index contributed by atoms with van der Waals surface area (Å²) in [6.45, 7) is 2.78. The van der Waals surface area contributed by atoms with Gasteiger partial charge < -0.3 is 28.8 Å². The molecule has 0 aliphatic carbocycles. The first-order valence-electron chi connectivity index (χ1n) is 12.0. The Labute approximate surface area is 207 Å². The summed E-state index contributed by atoms with van der Waals surface area (Å²) in [6.07, 6.45) is -3.87. The normalized spacial score (nSPS) is 25.3. The molecule has 1 aliphatic rings. The highest BCUT2D eigenvalue weighted by molar-refractivity contribution is 5.15. The molecule has 0 bridgehead atoms. The van der Waals surface area contributed by atoms with Crippen LogP contribution in [0.25, 0.3) is 0 Å². The third-order valence-corrected chi connectivity index (χ3v) is 6.09. The number of aliphatic hydroxyl groups is 1. The molecule has 0 aromatic heterocycles. The summed E-state index contributed by atoms with van der Waals surface area (Å²) < 4.78 is 31.0. The zero-order valence-corrected chi connectivity index (χ0v) is 20.2. The first kappa shape index (κ1) is 25.5. The number of aliphatic hydroxyl groups excluding tert-OH is 1. The van der Waals surface area contributed by atoms with Crippen molar-refractivity contribution in [2.24, 2.45) is 0 Å². The van der Waals surface area contributed by atoms with Gasteiger partial charge in [0.25, 0.3) is 0 Å². The predicted molar refractivity (Wildman–Crippen MR) is 132 cm³/mol. The zero-order valence-electron chi connectivity index (χ0n) is 20.2. The average molecular weight is 479 g/mol. The fraction of sp³-hybridized carbons (Fsp3) is 0.379. The van der Waals surface area contributed by atoms with E-state index in [2.05, 4.69) is 0 Å². The summed E-state index contributed by atoms with van der Waals surface area (Å²) in [5, 5.41) is 10.6. The second kappa shape index (κ2) is 12.9. The Morgan fingerprint density at radius 3 is 1.46 bits per heavy atom. The predicted octanol–water partition coefficient (Wildman–Crippen LogP) is 4.49. The van der Waals surface area contributed by atoms with Crippen LogP contribution >= 0.6 is 0 Å². The Balaban J connectivity index is 1.59. The minimum absolute atomic E-state index is 0.354. The number of rotatable bonds is 11. The summed E-state index contributed by atoms with van der Waals surface area (Å²) in [5.41, 5.74) is 3.09. The first-order chi connectivity index (χ1) is 17.2. The van der Waals surface area contributed by atoms with Crippen molar-refractivity contribution in [3.05, 3.63) is 108 Å². The topological polar surface area (TPSA) is 66.4 Å². The number of hydrogen-bond donors (Lipinski definition) is 1. The van der Waals surface area contributed by atoms with E-state index in [4.69, 9.17) is 23.7 Å². The van der Waals surface area contributed by atoms with Gasteiger partial charge in [0, 0.05) is 7.11 Å². The highest BCUT2D eigenvalue weighted by Gasteiger charge is 2.50. The minimum atomic E-state index is -0.800. The molecule has 1 heterocycles. The molecular formula is C29H34O6. The highest BCUT2D eigenvalue weighted by atomic mass is 16.7. The van der Waals surface area contributed by atoms with Gasteiger partial charge in [-0.3, -0.25) is 0 Å². The molecule has 6 unspecified atom stereocenters. The maximum absolute atomic E-state index is 10.6. The fourth-order valence-corrected chi connectivity index (χ4v) is 4.27. The molecule has 1 N–H and O–H groups in total. The van der Waals surface area contributed by atoms with Gasteiger partial charge >= 0.3 is 0 Å². The van der Waals surface area contributed by atoms with Gasteiger partial charge in [0.1, 0.15) is 24.4 Å². The standard InChI is InChI=1S/C29H34O6/c1-21(30)25-26(32-18-22-12-6-3-7-13-22)27(33-19-23-14-8-4-9-15-23)28(29(31-2)35-25)34-20-24-16-10-5-11-17-24/h3-17,21,25-30H,18-20H2,1-2H3. The summed E-state index contributed by atoms with van der Waals surface area (Å²) in [6, 6.07) is 29.8. The summed E-state index contributed by atoms with van der Waals surface area (Å²) in [4.78, 5) is 0. The molecule has 3 aromatic rings. The van der Waals surface area contributed by atoms with Crippen LogP contribution in [0.2, 0.25) is 0 Å². The van der Waals surface area contributed by atoms with Crippen LogP contribution in [-0.4, -0.2) is 49.0 Å². The third kappa shape index (κ3) is 6.98. The maximum atomic E-state index is 10.6. The van der Waals surface area contributed by atoms with Crippen LogP contribution in [0.15, 0.2) is 91.0 Å². The van der Waals surface area contributed by atoms with E-state index >= 15 is 0 Å². The lowest BCUT2D eigenvalue weighted by atomic mass is 9.94. The molecule has 6 atom stereocenters. The van der Waals surface area contributed by atoms with E-state index in [1.165, 1.54) is 0 Å². The smallest absolute Gasteiger partial charge is 0.186 e. The van der Waals surface area contributed by atoms with Crippen LogP contribution in [0.1, 0.15) is 23.6 Å². The van der Waals surface area contributed by atoms with E-state index in [0.717, 1.165) is 16.7 Å². The van der Waals surface area contributed by atoms with Gasteiger partial charge in [-0.1, -0.05) is 91.0 Å². The molecule has 1 saturated heterocycles. The van der Waals surface area contributed by atoms with E-state index in [0.29, 0.717) is 19.8 Å². The molecule has 186 valence electrons. The van der Waals surface area contributed by atoms with Crippen molar-refractivity contribution in [3.8, 4) is 0 Å². The fourth-order valence-electron chi connectivity index (χ4n) is 4.27. The molecule has 0 saturated carbocycles.